The van der Waals surface area contributed by atoms with Crippen LogP contribution in [0.1, 0.15) is 38.7 Å². The summed E-state index contributed by atoms with van der Waals surface area (Å²) in [6.07, 6.45) is 0.887. The molecule has 0 aliphatic carbocycles. The fourth-order valence-corrected chi connectivity index (χ4v) is 2.40. The Labute approximate surface area is 128 Å². The molecule has 0 saturated heterocycles. The summed E-state index contributed by atoms with van der Waals surface area (Å²) in [5.41, 5.74) is 0.957. The van der Waals surface area contributed by atoms with Gasteiger partial charge in [0.1, 0.15) is 5.75 Å². The minimum absolute atomic E-state index is 0.226. The molecule has 1 N–H and O–H groups in total. The van der Waals surface area contributed by atoms with E-state index in [1.54, 1.807) is 12.1 Å². The van der Waals surface area contributed by atoms with E-state index in [4.69, 9.17) is 4.55 Å². The Kier molecular flexibility index (Phi) is 5.64. The number of ether oxygens (including phenoxy) is 1. The number of carbonyl (C=O) groups is 1. The Balaban J connectivity index is 2.91. The highest BCUT2D eigenvalue weighted by Gasteiger charge is 2.54. The lowest BCUT2D eigenvalue weighted by atomic mass is 9.86. The molecule has 0 fully saturated rings. The maximum Gasteiger partial charge on any atom is 0.466 e. The summed E-state index contributed by atoms with van der Waals surface area (Å²) in [5.74, 6) is -1.93. The van der Waals surface area contributed by atoms with Crippen LogP contribution in [0.4, 0.5) is 8.78 Å². The molecule has 1 aromatic rings. The molecule has 1 aromatic carbocycles. The van der Waals surface area contributed by atoms with E-state index < -0.39 is 21.3 Å². The Hall–Kier alpha value is -1.54. The van der Waals surface area contributed by atoms with Crippen LogP contribution in [0.25, 0.3) is 0 Å². The van der Waals surface area contributed by atoms with Crippen molar-refractivity contribution in [2.24, 2.45) is 5.92 Å². The number of hydrogen-bond acceptors (Lipinski definition) is 4. The van der Waals surface area contributed by atoms with Crippen molar-refractivity contribution < 1.29 is 31.3 Å². The summed E-state index contributed by atoms with van der Waals surface area (Å²) in [6.45, 7) is 6.12. The first kappa shape index (κ1) is 18.5. The summed E-state index contributed by atoms with van der Waals surface area (Å²) in [4.78, 5) is 11.2. The second-order valence-electron chi connectivity index (χ2n) is 5.21. The van der Waals surface area contributed by atoms with Crippen LogP contribution in [-0.4, -0.2) is 24.2 Å². The van der Waals surface area contributed by atoms with Gasteiger partial charge in [0.2, 0.25) is 0 Å². The third-order valence-electron chi connectivity index (χ3n) is 3.32. The number of alkyl halides is 2. The zero-order valence-corrected chi connectivity index (χ0v) is 13.2. The summed E-state index contributed by atoms with van der Waals surface area (Å²) in [5, 5.41) is -5.00. The van der Waals surface area contributed by atoms with E-state index in [1.165, 1.54) is 12.1 Å². The second kappa shape index (κ2) is 6.70. The normalized spacial score (nSPS) is 14.0. The predicted molar refractivity (Wildman–Crippen MR) is 76.4 cm³/mol. The van der Waals surface area contributed by atoms with E-state index >= 15 is 0 Å². The number of esters is 1. The average molecular weight is 336 g/mol. The Morgan fingerprint density at radius 1 is 1.27 bits per heavy atom. The van der Waals surface area contributed by atoms with Crippen LogP contribution in [0, 0.1) is 5.92 Å². The van der Waals surface area contributed by atoms with E-state index in [0.717, 1.165) is 12.0 Å². The first-order chi connectivity index (χ1) is 10.0. The standard InChI is InChI=1S/C14H18F2O5S/c1-4-12(9(2)3)10-5-7-11(8-6-10)21-13(17)14(15,16)22(18,19)20/h5-9,12H,4H2,1-3H3,(H,18,19,20). The predicted octanol–water partition coefficient (Wildman–Crippen LogP) is 3.22. The molecular formula is C14H18F2O5S. The lowest BCUT2D eigenvalue weighted by molar-refractivity contribution is -0.151. The highest BCUT2D eigenvalue weighted by atomic mass is 32.2. The lowest BCUT2D eigenvalue weighted by Crippen LogP contribution is -2.40. The third-order valence-corrected chi connectivity index (χ3v) is 4.14. The molecule has 124 valence electrons. The van der Waals surface area contributed by atoms with Crippen LogP contribution >= 0.6 is 0 Å². The molecule has 0 aliphatic rings. The van der Waals surface area contributed by atoms with Gasteiger partial charge in [0, 0.05) is 0 Å². The molecule has 0 heterocycles. The maximum absolute atomic E-state index is 13.1. The van der Waals surface area contributed by atoms with Crippen LogP contribution in [0.5, 0.6) is 5.75 Å². The number of carbonyl (C=O) groups excluding carboxylic acids is 1. The molecule has 0 amide bonds. The van der Waals surface area contributed by atoms with Crippen LogP contribution in [0.2, 0.25) is 0 Å². The molecule has 0 saturated carbocycles. The summed E-state index contributed by atoms with van der Waals surface area (Å²) >= 11 is 0. The monoisotopic (exact) mass is 336 g/mol. The van der Waals surface area contributed by atoms with E-state index in [0.29, 0.717) is 5.92 Å². The zero-order chi connectivity index (χ0) is 17.1. The second-order valence-corrected chi connectivity index (χ2v) is 6.67. The molecule has 0 radical (unpaired) electrons. The van der Waals surface area contributed by atoms with Gasteiger partial charge in [-0.25, -0.2) is 4.79 Å². The van der Waals surface area contributed by atoms with Crippen molar-refractivity contribution in [2.75, 3.05) is 0 Å². The molecule has 0 aromatic heterocycles. The Morgan fingerprint density at radius 2 is 1.77 bits per heavy atom. The Bertz CT molecular complexity index is 623. The fourth-order valence-electron chi connectivity index (χ4n) is 2.15. The van der Waals surface area contributed by atoms with Gasteiger partial charge in [0.05, 0.1) is 0 Å². The summed E-state index contributed by atoms with van der Waals surface area (Å²) in [6, 6.07) is 5.86. The van der Waals surface area contributed by atoms with E-state index in [2.05, 4.69) is 18.6 Å². The highest BCUT2D eigenvalue weighted by Crippen LogP contribution is 2.29. The van der Waals surface area contributed by atoms with E-state index in [1.807, 2.05) is 6.92 Å². The van der Waals surface area contributed by atoms with Crippen molar-refractivity contribution in [1.29, 1.82) is 0 Å². The molecule has 0 bridgehead atoms. The summed E-state index contributed by atoms with van der Waals surface area (Å²) < 4.78 is 59.7. The van der Waals surface area contributed by atoms with Crippen molar-refractivity contribution in [3.63, 3.8) is 0 Å². The minimum atomic E-state index is -5.87. The van der Waals surface area contributed by atoms with Gasteiger partial charge in [-0.2, -0.15) is 17.2 Å². The lowest BCUT2D eigenvalue weighted by Gasteiger charge is -2.19. The molecule has 5 nitrogen and oxygen atoms in total. The van der Waals surface area contributed by atoms with Crippen LogP contribution < -0.4 is 4.74 Å². The molecule has 22 heavy (non-hydrogen) atoms. The van der Waals surface area contributed by atoms with Crippen molar-refractivity contribution in [3.05, 3.63) is 29.8 Å². The molecule has 1 unspecified atom stereocenters. The number of rotatable bonds is 6. The number of benzene rings is 1. The van der Waals surface area contributed by atoms with Crippen molar-refractivity contribution >= 4 is 16.1 Å². The smallest absolute Gasteiger partial charge is 0.421 e. The summed E-state index contributed by atoms with van der Waals surface area (Å²) in [7, 11) is -5.87. The van der Waals surface area contributed by atoms with Gasteiger partial charge in [-0.3, -0.25) is 4.55 Å². The first-order valence-corrected chi connectivity index (χ1v) is 8.11. The van der Waals surface area contributed by atoms with Gasteiger partial charge in [0.15, 0.2) is 0 Å². The zero-order valence-electron chi connectivity index (χ0n) is 12.4. The van der Waals surface area contributed by atoms with Gasteiger partial charge in [0.25, 0.3) is 0 Å². The van der Waals surface area contributed by atoms with Crippen molar-refractivity contribution in [1.82, 2.24) is 0 Å². The number of hydrogen-bond donors (Lipinski definition) is 1. The number of halogens is 2. The van der Waals surface area contributed by atoms with Gasteiger partial charge in [-0.15, -0.1) is 0 Å². The molecule has 1 atom stereocenters. The SMILES string of the molecule is CCC(c1ccc(OC(=O)C(F)(F)S(=O)(=O)O)cc1)C(C)C. The Morgan fingerprint density at radius 3 is 2.14 bits per heavy atom. The molecule has 8 heteroatoms. The average Bonchev–Trinajstić information content (AvgIpc) is 2.39. The third kappa shape index (κ3) is 4.01. The minimum Gasteiger partial charge on any atom is -0.421 e. The molecule has 0 aliphatic heterocycles. The van der Waals surface area contributed by atoms with Gasteiger partial charge < -0.3 is 4.74 Å². The first-order valence-electron chi connectivity index (χ1n) is 6.67. The van der Waals surface area contributed by atoms with Gasteiger partial charge in [-0.05, 0) is 36.0 Å². The van der Waals surface area contributed by atoms with Gasteiger partial charge in [-0.1, -0.05) is 32.9 Å². The van der Waals surface area contributed by atoms with Crippen LogP contribution in [0.15, 0.2) is 24.3 Å². The van der Waals surface area contributed by atoms with Crippen LogP contribution in [0.3, 0.4) is 0 Å². The molecular weight excluding hydrogens is 318 g/mol. The van der Waals surface area contributed by atoms with E-state index in [-0.39, 0.29) is 11.7 Å². The molecule has 1 rings (SSSR count). The largest absolute Gasteiger partial charge is 0.466 e. The van der Waals surface area contributed by atoms with Crippen molar-refractivity contribution in [3.8, 4) is 5.75 Å². The topological polar surface area (TPSA) is 80.7 Å². The molecule has 0 spiro atoms. The van der Waals surface area contributed by atoms with E-state index in [9.17, 15) is 22.0 Å². The maximum atomic E-state index is 13.1. The highest BCUT2D eigenvalue weighted by molar-refractivity contribution is 7.87. The van der Waals surface area contributed by atoms with Gasteiger partial charge >= 0.3 is 21.3 Å². The van der Waals surface area contributed by atoms with Crippen LogP contribution in [-0.2, 0) is 14.9 Å². The fraction of sp³-hybridized carbons (Fsp3) is 0.500. The van der Waals surface area contributed by atoms with Crippen molar-refractivity contribution in [2.45, 2.75) is 38.4 Å². The quantitative estimate of drug-likeness (QED) is 0.490.